The van der Waals surface area contributed by atoms with Gasteiger partial charge in [-0.05, 0) is 35.9 Å². The molecular weight excluding hydrogens is 413 g/mol. The van der Waals surface area contributed by atoms with Gasteiger partial charge in [0.05, 0.1) is 22.7 Å². The van der Waals surface area contributed by atoms with Crippen molar-refractivity contribution >= 4 is 35.0 Å². The Morgan fingerprint density at radius 1 is 1.21 bits per heavy atom. The number of aromatic nitrogens is 3. The molecule has 0 aliphatic carbocycles. The lowest BCUT2D eigenvalue weighted by Gasteiger charge is -2.14. The number of anilines is 1. The van der Waals surface area contributed by atoms with E-state index in [4.69, 9.17) is 11.6 Å². The average Bonchev–Trinajstić information content (AvgIpc) is 3.15. The van der Waals surface area contributed by atoms with E-state index < -0.39 is 17.6 Å². The van der Waals surface area contributed by atoms with E-state index in [1.54, 1.807) is 12.1 Å². The Hall–Kier alpha value is -2.52. The highest BCUT2D eigenvalue weighted by Crippen LogP contribution is 2.33. The summed E-state index contributed by atoms with van der Waals surface area (Å²) in [5.74, 6) is 0.194. The van der Waals surface area contributed by atoms with Crippen molar-refractivity contribution in [3.63, 3.8) is 0 Å². The number of hydrogen-bond donors (Lipinski definition) is 1. The van der Waals surface area contributed by atoms with Crippen molar-refractivity contribution in [2.45, 2.75) is 11.9 Å². The minimum Gasteiger partial charge on any atom is -0.323 e. The van der Waals surface area contributed by atoms with Gasteiger partial charge in [0.25, 0.3) is 0 Å². The van der Waals surface area contributed by atoms with Crippen molar-refractivity contribution in [1.82, 2.24) is 14.8 Å². The third-order valence-corrected chi connectivity index (χ3v) is 4.89. The van der Waals surface area contributed by atoms with E-state index >= 15 is 0 Å². The first-order valence-electron chi connectivity index (χ1n) is 8.01. The van der Waals surface area contributed by atoms with Gasteiger partial charge >= 0.3 is 6.18 Å². The normalized spacial score (nSPS) is 11.4. The van der Waals surface area contributed by atoms with Crippen LogP contribution in [0.1, 0.15) is 11.1 Å². The predicted octanol–water partition coefficient (Wildman–Crippen LogP) is 4.81. The molecule has 146 valence electrons. The number of hydrogen-bond acceptors (Lipinski definition) is 4. The lowest BCUT2D eigenvalue weighted by atomic mass is 10.1. The van der Waals surface area contributed by atoms with E-state index in [2.05, 4.69) is 15.4 Å². The molecule has 3 rings (SSSR count). The summed E-state index contributed by atoms with van der Waals surface area (Å²) in [7, 11) is 0. The second-order valence-corrected chi connectivity index (χ2v) is 7.16. The standard InChI is InChI=1S/C18H14ClF3N4OS/c19-14-3-1-2-12(6-14)8-28-9-17(27)25-15-7-13(18(20,21)22)4-5-16(15)26-11-23-10-24-26/h1-7,10-11H,8-9H2,(H,25,27). The fourth-order valence-corrected chi connectivity index (χ4v) is 3.41. The number of rotatable bonds is 6. The minimum absolute atomic E-state index is 0.00804. The van der Waals surface area contributed by atoms with E-state index in [1.807, 2.05) is 12.1 Å². The Labute approximate surface area is 167 Å². The Kier molecular flexibility index (Phi) is 6.25. The van der Waals surface area contributed by atoms with E-state index in [-0.39, 0.29) is 11.4 Å². The fraction of sp³-hybridized carbons (Fsp3) is 0.167. The SMILES string of the molecule is O=C(CSCc1cccc(Cl)c1)Nc1cc(C(F)(F)F)ccc1-n1cncn1. The Bertz CT molecular complexity index is 964. The summed E-state index contributed by atoms with van der Waals surface area (Å²) < 4.78 is 40.4. The lowest BCUT2D eigenvalue weighted by molar-refractivity contribution is -0.137. The molecule has 0 bridgehead atoms. The molecular formula is C18H14ClF3N4OS. The van der Waals surface area contributed by atoms with Gasteiger partial charge in [-0.2, -0.15) is 18.3 Å². The van der Waals surface area contributed by atoms with Gasteiger partial charge in [-0.15, -0.1) is 11.8 Å². The summed E-state index contributed by atoms with van der Waals surface area (Å²) >= 11 is 7.25. The summed E-state index contributed by atoms with van der Waals surface area (Å²) in [4.78, 5) is 16.1. The molecule has 0 radical (unpaired) electrons. The highest BCUT2D eigenvalue weighted by Gasteiger charge is 2.31. The van der Waals surface area contributed by atoms with Crippen molar-refractivity contribution < 1.29 is 18.0 Å². The third kappa shape index (κ3) is 5.26. The average molecular weight is 427 g/mol. The zero-order valence-electron chi connectivity index (χ0n) is 14.3. The Balaban J connectivity index is 1.71. The number of amides is 1. The van der Waals surface area contributed by atoms with Crippen molar-refractivity contribution in [2.24, 2.45) is 0 Å². The highest BCUT2D eigenvalue weighted by atomic mass is 35.5. The molecule has 0 aliphatic heterocycles. The van der Waals surface area contributed by atoms with Crippen LogP contribution in [0.25, 0.3) is 5.69 Å². The van der Waals surface area contributed by atoms with E-state index in [1.165, 1.54) is 35.2 Å². The van der Waals surface area contributed by atoms with Gasteiger partial charge < -0.3 is 5.32 Å². The zero-order chi connectivity index (χ0) is 20.1. The smallest absolute Gasteiger partial charge is 0.323 e. The minimum atomic E-state index is -4.53. The van der Waals surface area contributed by atoms with Crippen molar-refractivity contribution in [2.75, 3.05) is 11.1 Å². The van der Waals surface area contributed by atoms with Crippen molar-refractivity contribution in [3.8, 4) is 5.69 Å². The number of carbonyl (C=O) groups is 1. The molecule has 1 amide bonds. The Morgan fingerprint density at radius 2 is 2.04 bits per heavy atom. The van der Waals surface area contributed by atoms with Crippen LogP contribution >= 0.6 is 23.4 Å². The number of thioether (sulfide) groups is 1. The van der Waals surface area contributed by atoms with Gasteiger partial charge in [0.15, 0.2) is 0 Å². The molecule has 1 aromatic heterocycles. The van der Waals surface area contributed by atoms with Gasteiger partial charge in [-0.25, -0.2) is 9.67 Å². The van der Waals surface area contributed by atoms with Crippen LogP contribution in [0.4, 0.5) is 18.9 Å². The number of benzene rings is 2. The molecule has 28 heavy (non-hydrogen) atoms. The topological polar surface area (TPSA) is 59.8 Å². The maximum Gasteiger partial charge on any atom is 0.416 e. The van der Waals surface area contributed by atoms with Crippen LogP contribution in [0.3, 0.4) is 0 Å². The quantitative estimate of drug-likeness (QED) is 0.614. The molecule has 0 unspecified atom stereocenters. The van der Waals surface area contributed by atoms with Crippen LogP contribution in [0.2, 0.25) is 5.02 Å². The Morgan fingerprint density at radius 3 is 2.71 bits per heavy atom. The number of nitrogens with zero attached hydrogens (tertiary/aromatic N) is 3. The van der Waals surface area contributed by atoms with E-state index in [9.17, 15) is 18.0 Å². The first kappa shape index (κ1) is 20.2. The second-order valence-electron chi connectivity index (χ2n) is 5.74. The van der Waals surface area contributed by atoms with Gasteiger partial charge in [0.1, 0.15) is 12.7 Å². The van der Waals surface area contributed by atoms with E-state index in [0.717, 1.165) is 17.7 Å². The molecule has 1 N–H and O–H groups in total. The number of alkyl halides is 3. The van der Waals surface area contributed by atoms with Crippen molar-refractivity contribution in [3.05, 3.63) is 71.3 Å². The number of halogens is 4. The van der Waals surface area contributed by atoms with E-state index in [0.29, 0.717) is 16.5 Å². The maximum absolute atomic E-state index is 13.0. The van der Waals surface area contributed by atoms with Crippen LogP contribution in [0.15, 0.2) is 55.1 Å². The molecule has 1 heterocycles. The molecule has 0 atom stereocenters. The van der Waals surface area contributed by atoms with Gasteiger partial charge in [0.2, 0.25) is 5.91 Å². The second kappa shape index (κ2) is 8.66. The first-order valence-corrected chi connectivity index (χ1v) is 9.54. The monoisotopic (exact) mass is 426 g/mol. The van der Waals surface area contributed by atoms with Gasteiger partial charge in [0, 0.05) is 10.8 Å². The first-order chi connectivity index (χ1) is 13.3. The number of nitrogens with one attached hydrogen (secondary N) is 1. The van der Waals surface area contributed by atoms with Gasteiger partial charge in [-0.1, -0.05) is 23.7 Å². The van der Waals surface area contributed by atoms with Crippen LogP contribution in [-0.2, 0) is 16.7 Å². The highest BCUT2D eigenvalue weighted by molar-refractivity contribution is 7.99. The zero-order valence-corrected chi connectivity index (χ0v) is 15.9. The fourth-order valence-electron chi connectivity index (χ4n) is 2.42. The molecule has 0 saturated heterocycles. The largest absolute Gasteiger partial charge is 0.416 e. The van der Waals surface area contributed by atoms with Crippen molar-refractivity contribution in [1.29, 1.82) is 0 Å². The molecule has 3 aromatic rings. The predicted molar refractivity (Wildman–Crippen MR) is 103 cm³/mol. The van der Waals surface area contributed by atoms with Crippen LogP contribution in [-0.4, -0.2) is 26.4 Å². The summed E-state index contributed by atoms with van der Waals surface area (Å²) in [6.07, 6.45) is -1.93. The molecule has 0 aliphatic rings. The third-order valence-electron chi connectivity index (χ3n) is 3.65. The van der Waals surface area contributed by atoms with Crippen LogP contribution in [0, 0.1) is 0 Å². The molecule has 5 nitrogen and oxygen atoms in total. The lowest BCUT2D eigenvalue weighted by Crippen LogP contribution is -2.17. The van der Waals surface area contributed by atoms with Crippen LogP contribution in [0.5, 0.6) is 0 Å². The van der Waals surface area contributed by atoms with Gasteiger partial charge in [-0.3, -0.25) is 4.79 Å². The molecule has 2 aromatic carbocycles. The maximum atomic E-state index is 13.0. The molecule has 0 saturated carbocycles. The summed E-state index contributed by atoms with van der Waals surface area (Å²) in [6.45, 7) is 0. The molecule has 0 spiro atoms. The summed E-state index contributed by atoms with van der Waals surface area (Å²) in [5.41, 5.74) is 0.387. The van der Waals surface area contributed by atoms with Crippen LogP contribution < -0.4 is 5.32 Å². The molecule has 10 heteroatoms. The summed E-state index contributed by atoms with van der Waals surface area (Å²) in [5, 5.41) is 7.05. The number of carbonyl (C=O) groups excluding carboxylic acids is 1. The summed E-state index contributed by atoms with van der Waals surface area (Å²) in [6, 6.07) is 10.3. The molecule has 0 fully saturated rings.